The summed E-state index contributed by atoms with van der Waals surface area (Å²) < 4.78 is 14.2. The second-order valence-corrected chi connectivity index (χ2v) is 5.26. The van der Waals surface area contributed by atoms with Gasteiger partial charge in [0.2, 0.25) is 0 Å². The number of benzene rings is 1. The van der Waals surface area contributed by atoms with Gasteiger partial charge in [-0.3, -0.25) is 4.90 Å². The zero-order valence-electron chi connectivity index (χ0n) is 10.3. The van der Waals surface area contributed by atoms with Crippen molar-refractivity contribution >= 4 is 15.9 Å². The molecule has 1 aromatic carbocycles. The molecule has 1 fully saturated rings. The van der Waals surface area contributed by atoms with Crippen LogP contribution in [0.25, 0.3) is 0 Å². The predicted octanol–water partition coefficient (Wildman–Crippen LogP) is 3.11. The maximum Gasteiger partial charge on any atom is 0.137 e. The minimum Gasteiger partial charge on any atom is -0.314 e. The Morgan fingerprint density at radius 2 is 2.17 bits per heavy atom. The van der Waals surface area contributed by atoms with Crippen molar-refractivity contribution in [2.24, 2.45) is 0 Å². The van der Waals surface area contributed by atoms with Crippen molar-refractivity contribution in [1.29, 1.82) is 0 Å². The van der Waals surface area contributed by atoms with E-state index in [0.717, 1.165) is 38.2 Å². The Hall–Kier alpha value is -0.710. The summed E-state index contributed by atoms with van der Waals surface area (Å²) in [5.41, 5.74) is 1.01. The van der Waals surface area contributed by atoms with Crippen LogP contribution in [0.15, 0.2) is 35.3 Å². The van der Waals surface area contributed by atoms with Gasteiger partial charge in [0.1, 0.15) is 5.82 Å². The number of hydrogen-bond acceptors (Lipinski definition) is 2. The lowest BCUT2D eigenvalue weighted by Crippen LogP contribution is -2.45. The summed E-state index contributed by atoms with van der Waals surface area (Å²) in [5, 5.41) is 3.34. The van der Waals surface area contributed by atoms with Crippen LogP contribution >= 0.6 is 15.9 Å². The lowest BCUT2D eigenvalue weighted by molar-refractivity contribution is 0.173. The third-order valence-electron chi connectivity index (χ3n) is 3.32. The van der Waals surface area contributed by atoms with Gasteiger partial charge in [0.15, 0.2) is 0 Å². The van der Waals surface area contributed by atoms with E-state index in [2.05, 4.69) is 32.7 Å². The highest BCUT2D eigenvalue weighted by Crippen LogP contribution is 2.32. The van der Waals surface area contributed by atoms with Crippen molar-refractivity contribution in [2.75, 3.05) is 26.2 Å². The van der Waals surface area contributed by atoms with Crippen molar-refractivity contribution in [3.05, 3.63) is 46.7 Å². The summed E-state index contributed by atoms with van der Waals surface area (Å²) in [7, 11) is 0. The molecule has 1 N–H and O–H groups in total. The van der Waals surface area contributed by atoms with Gasteiger partial charge < -0.3 is 5.32 Å². The lowest BCUT2D eigenvalue weighted by atomic mass is 10.0. The Morgan fingerprint density at radius 1 is 1.44 bits per heavy atom. The van der Waals surface area contributed by atoms with Crippen LogP contribution in [0.1, 0.15) is 18.0 Å². The van der Waals surface area contributed by atoms with E-state index in [0.29, 0.717) is 4.47 Å². The number of nitrogens with one attached hydrogen (secondary N) is 1. The van der Waals surface area contributed by atoms with Crippen LogP contribution < -0.4 is 5.32 Å². The SMILES string of the molecule is C=CC[C@H](c1cccc(F)c1Br)N1CCNCC1. The fourth-order valence-corrected chi connectivity index (χ4v) is 2.93. The Balaban J connectivity index is 2.28. The maximum absolute atomic E-state index is 13.6. The molecule has 1 heterocycles. The van der Waals surface area contributed by atoms with Gasteiger partial charge in [-0.15, -0.1) is 6.58 Å². The molecule has 0 aromatic heterocycles. The molecule has 98 valence electrons. The number of rotatable bonds is 4. The van der Waals surface area contributed by atoms with E-state index < -0.39 is 0 Å². The summed E-state index contributed by atoms with van der Waals surface area (Å²) in [5.74, 6) is -0.198. The second kappa shape index (κ2) is 6.45. The van der Waals surface area contributed by atoms with Gasteiger partial charge in [-0.1, -0.05) is 18.2 Å². The topological polar surface area (TPSA) is 15.3 Å². The molecular weight excluding hydrogens is 295 g/mol. The van der Waals surface area contributed by atoms with E-state index >= 15 is 0 Å². The first-order valence-corrected chi connectivity index (χ1v) is 7.03. The Labute approximate surface area is 116 Å². The number of nitrogens with zero attached hydrogens (tertiary/aromatic N) is 1. The van der Waals surface area contributed by atoms with E-state index in [1.165, 1.54) is 6.07 Å². The molecule has 0 aliphatic carbocycles. The third-order valence-corrected chi connectivity index (χ3v) is 4.16. The Bertz CT molecular complexity index is 416. The molecule has 0 unspecified atom stereocenters. The quantitative estimate of drug-likeness (QED) is 0.859. The maximum atomic E-state index is 13.6. The predicted molar refractivity (Wildman–Crippen MR) is 76.1 cm³/mol. The molecule has 1 aliphatic rings. The summed E-state index contributed by atoms with van der Waals surface area (Å²) in [4.78, 5) is 2.39. The summed E-state index contributed by atoms with van der Waals surface area (Å²) >= 11 is 3.37. The van der Waals surface area contributed by atoms with Gasteiger partial charge in [-0.2, -0.15) is 0 Å². The molecule has 1 saturated heterocycles. The van der Waals surface area contributed by atoms with Crippen LogP contribution in [0.3, 0.4) is 0 Å². The molecule has 1 atom stereocenters. The lowest BCUT2D eigenvalue weighted by Gasteiger charge is -2.35. The largest absolute Gasteiger partial charge is 0.314 e. The Morgan fingerprint density at radius 3 is 2.83 bits per heavy atom. The first-order chi connectivity index (χ1) is 8.74. The van der Waals surface area contributed by atoms with E-state index in [9.17, 15) is 4.39 Å². The van der Waals surface area contributed by atoms with Crippen molar-refractivity contribution in [3.63, 3.8) is 0 Å². The molecule has 4 heteroatoms. The van der Waals surface area contributed by atoms with Crippen molar-refractivity contribution < 1.29 is 4.39 Å². The number of hydrogen-bond donors (Lipinski definition) is 1. The molecule has 1 aliphatic heterocycles. The molecule has 0 saturated carbocycles. The molecule has 0 amide bonds. The number of piperazine rings is 1. The van der Waals surface area contributed by atoms with E-state index in [1.54, 1.807) is 6.07 Å². The highest BCUT2D eigenvalue weighted by Gasteiger charge is 2.23. The van der Waals surface area contributed by atoms with Crippen LogP contribution in [0.4, 0.5) is 4.39 Å². The van der Waals surface area contributed by atoms with Crippen molar-refractivity contribution in [3.8, 4) is 0 Å². The van der Waals surface area contributed by atoms with Crippen LogP contribution in [-0.2, 0) is 0 Å². The van der Waals surface area contributed by atoms with Crippen LogP contribution in [-0.4, -0.2) is 31.1 Å². The molecule has 1 aromatic rings. The summed E-state index contributed by atoms with van der Waals surface area (Å²) in [6, 6.07) is 5.45. The molecule has 2 nitrogen and oxygen atoms in total. The van der Waals surface area contributed by atoms with Gasteiger partial charge >= 0.3 is 0 Å². The van der Waals surface area contributed by atoms with Crippen LogP contribution in [0, 0.1) is 5.82 Å². The van der Waals surface area contributed by atoms with Crippen molar-refractivity contribution in [2.45, 2.75) is 12.5 Å². The normalized spacial score (nSPS) is 18.6. The van der Waals surface area contributed by atoms with E-state index in [-0.39, 0.29) is 11.9 Å². The Kier molecular flexibility index (Phi) is 4.92. The highest BCUT2D eigenvalue weighted by atomic mass is 79.9. The molecule has 18 heavy (non-hydrogen) atoms. The van der Waals surface area contributed by atoms with Gasteiger partial charge in [0.05, 0.1) is 4.47 Å². The monoisotopic (exact) mass is 312 g/mol. The standard InChI is InChI=1S/C14H18BrFN2/c1-2-4-13(18-9-7-17-8-10-18)11-5-3-6-12(16)14(11)15/h2-3,5-6,13,17H,1,4,7-10H2/t13-/m1/s1. The molecule has 2 rings (SSSR count). The molecule has 0 spiro atoms. The van der Waals surface area contributed by atoms with Gasteiger partial charge in [-0.05, 0) is 34.0 Å². The average Bonchev–Trinajstić information content (AvgIpc) is 2.41. The fraction of sp³-hybridized carbons (Fsp3) is 0.429. The number of halogens is 2. The van der Waals surface area contributed by atoms with Gasteiger partial charge in [0, 0.05) is 32.2 Å². The van der Waals surface area contributed by atoms with Crippen molar-refractivity contribution in [1.82, 2.24) is 10.2 Å². The summed E-state index contributed by atoms with van der Waals surface area (Å²) in [6.07, 6.45) is 2.74. The van der Waals surface area contributed by atoms with Gasteiger partial charge in [0.25, 0.3) is 0 Å². The molecular formula is C14H18BrFN2. The fourth-order valence-electron chi connectivity index (χ4n) is 2.40. The minimum atomic E-state index is -0.198. The molecule has 0 radical (unpaired) electrons. The van der Waals surface area contributed by atoms with E-state index in [4.69, 9.17) is 0 Å². The minimum absolute atomic E-state index is 0.198. The zero-order chi connectivity index (χ0) is 13.0. The first kappa shape index (κ1) is 13.7. The summed E-state index contributed by atoms with van der Waals surface area (Å²) in [6.45, 7) is 7.77. The zero-order valence-corrected chi connectivity index (χ0v) is 11.9. The first-order valence-electron chi connectivity index (χ1n) is 6.23. The third kappa shape index (κ3) is 2.99. The smallest absolute Gasteiger partial charge is 0.137 e. The van der Waals surface area contributed by atoms with Crippen LogP contribution in [0.2, 0.25) is 0 Å². The average molecular weight is 313 g/mol. The second-order valence-electron chi connectivity index (χ2n) is 4.47. The highest BCUT2D eigenvalue weighted by molar-refractivity contribution is 9.10. The van der Waals surface area contributed by atoms with Crippen LogP contribution in [0.5, 0.6) is 0 Å². The van der Waals surface area contributed by atoms with E-state index in [1.807, 2.05) is 12.1 Å². The van der Waals surface area contributed by atoms with Gasteiger partial charge in [-0.25, -0.2) is 4.39 Å². The molecule has 0 bridgehead atoms.